The highest BCUT2D eigenvalue weighted by molar-refractivity contribution is 5.90. The Labute approximate surface area is 131 Å². The number of carbonyl (C=O) groups excluding carboxylic acids is 1. The molecule has 6 heteroatoms. The van der Waals surface area contributed by atoms with Crippen molar-refractivity contribution in [2.45, 2.75) is 39.5 Å². The molecule has 0 unspecified atom stereocenters. The Bertz CT molecular complexity index is 528. The lowest BCUT2D eigenvalue weighted by Gasteiger charge is -2.25. The molecule has 1 saturated heterocycles. The average Bonchev–Trinajstić information content (AvgIpc) is 2.55. The standard InChI is InChI=1S/C16H25N3O3/c1-5-19(4)15-11(3)13(16(20)22-6-2)17-14(18-15)12-7-9-21-10-8-12/h12H,5-10H2,1-4H3. The van der Waals surface area contributed by atoms with Crippen LogP contribution in [0.25, 0.3) is 0 Å². The van der Waals surface area contributed by atoms with Crippen molar-refractivity contribution in [3.05, 3.63) is 17.1 Å². The molecule has 0 aliphatic carbocycles. The molecule has 0 N–H and O–H groups in total. The Kier molecular flexibility index (Phi) is 5.71. The van der Waals surface area contributed by atoms with E-state index < -0.39 is 0 Å². The Morgan fingerprint density at radius 3 is 2.59 bits per heavy atom. The van der Waals surface area contributed by atoms with Crippen LogP contribution in [0.3, 0.4) is 0 Å². The van der Waals surface area contributed by atoms with E-state index in [0.29, 0.717) is 12.3 Å². The van der Waals surface area contributed by atoms with Gasteiger partial charge in [0.1, 0.15) is 11.6 Å². The van der Waals surface area contributed by atoms with Gasteiger partial charge in [-0.3, -0.25) is 0 Å². The average molecular weight is 307 g/mol. The maximum Gasteiger partial charge on any atom is 0.357 e. The molecule has 1 aliphatic rings. The van der Waals surface area contributed by atoms with Crippen molar-refractivity contribution in [1.82, 2.24) is 9.97 Å². The van der Waals surface area contributed by atoms with Crippen LogP contribution >= 0.6 is 0 Å². The zero-order chi connectivity index (χ0) is 16.1. The van der Waals surface area contributed by atoms with Crippen LogP contribution in [-0.4, -0.2) is 49.4 Å². The summed E-state index contributed by atoms with van der Waals surface area (Å²) in [4.78, 5) is 23.5. The van der Waals surface area contributed by atoms with Crippen LogP contribution in [-0.2, 0) is 9.47 Å². The zero-order valence-electron chi connectivity index (χ0n) is 13.9. The van der Waals surface area contributed by atoms with E-state index in [2.05, 4.69) is 11.9 Å². The molecule has 0 radical (unpaired) electrons. The number of carbonyl (C=O) groups is 1. The summed E-state index contributed by atoms with van der Waals surface area (Å²) in [6.45, 7) is 8.32. The largest absolute Gasteiger partial charge is 0.461 e. The third-order valence-electron chi connectivity index (χ3n) is 4.03. The van der Waals surface area contributed by atoms with E-state index in [-0.39, 0.29) is 11.9 Å². The Morgan fingerprint density at radius 2 is 2.00 bits per heavy atom. The number of rotatable bonds is 5. The van der Waals surface area contributed by atoms with Gasteiger partial charge >= 0.3 is 5.97 Å². The number of hydrogen-bond acceptors (Lipinski definition) is 6. The van der Waals surface area contributed by atoms with Gasteiger partial charge in [0.05, 0.1) is 6.61 Å². The van der Waals surface area contributed by atoms with Crippen molar-refractivity contribution in [3.8, 4) is 0 Å². The first-order valence-electron chi connectivity index (χ1n) is 7.93. The maximum absolute atomic E-state index is 12.2. The third kappa shape index (κ3) is 3.55. The molecule has 0 spiro atoms. The fraction of sp³-hybridized carbons (Fsp3) is 0.688. The first-order valence-corrected chi connectivity index (χ1v) is 7.93. The molecule has 0 saturated carbocycles. The van der Waals surface area contributed by atoms with Gasteiger partial charge in [-0.15, -0.1) is 0 Å². The van der Waals surface area contributed by atoms with Crippen molar-refractivity contribution < 1.29 is 14.3 Å². The molecule has 2 heterocycles. The van der Waals surface area contributed by atoms with Crippen molar-refractivity contribution >= 4 is 11.8 Å². The van der Waals surface area contributed by atoms with E-state index in [1.54, 1.807) is 6.92 Å². The topological polar surface area (TPSA) is 64.5 Å². The highest BCUT2D eigenvalue weighted by Crippen LogP contribution is 2.28. The molecule has 0 aromatic carbocycles. The second kappa shape index (κ2) is 7.54. The molecular formula is C16H25N3O3. The van der Waals surface area contributed by atoms with Crippen LogP contribution in [0.1, 0.15) is 54.5 Å². The monoisotopic (exact) mass is 307 g/mol. The van der Waals surface area contributed by atoms with Crippen molar-refractivity contribution in [1.29, 1.82) is 0 Å². The van der Waals surface area contributed by atoms with Gasteiger partial charge in [0, 0.05) is 38.3 Å². The highest BCUT2D eigenvalue weighted by atomic mass is 16.5. The lowest BCUT2D eigenvalue weighted by molar-refractivity contribution is 0.0517. The van der Waals surface area contributed by atoms with E-state index >= 15 is 0 Å². The van der Waals surface area contributed by atoms with E-state index in [4.69, 9.17) is 14.5 Å². The number of ether oxygens (including phenoxy) is 2. The normalized spacial score (nSPS) is 15.6. The molecule has 1 aromatic heterocycles. The van der Waals surface area contributed by atoms with Gasteiger partial charge in [-0.25, -0.2) is 14.8 Å². The van der Waals surface area contributed by atoms with Gasteiger partial charge in [-0.1, -0.05) is 0 Å². The van der Waals surface area contributed by atoms with E-state index in [0.717, 1.165) is 49.8 Å². The van der Waals surface area contributed by atoms with Gasteiger partial charge in [0.15, 0.2) is 5.69 Å². The second-order valence-corrected chi connectivity index (χ2v) is 5.50. The van der Waals surface area contributed by atoms with Gasteiger partial charge in [0.25, 0.3) is 0 Å². The molecule has 6 nitrogen and oxygen atoms in total. The summed E-state index contributed by atoms with van der Waals surface area (Å²) in [5, 5.41) is 0. The predicted octanol–water partition coefficient (Wildman–Crippen LogP) is 2.31. The van der Waals surface area contributed by atoms with E-state index in [1.807, 2.05) is 18.9 Å². The Morgan fingerprint density at radius 1 is 1.32 bits per heavy atom. The molecule has 1 fully saturated rings. The van der Waals surface area contributed by atoms with Crippen LogP contribution in [0.15, 0.2) is 0 Å². The van der Waals surface area contributed by atoms with Gasteiger partial charge in [-0.05, 0) is 33.6 Å². The summed E-state index contributed by atoms with van der Waals surface area (Å²) < 4.78 is 10.5. The van der Waals surface area contributed by atoms with Crippen molar-refractivity contribution in [2.24, 2.45) is 0 Å². The fourth-order valence-corrected chi connectivity index (χ4v) is 2.58. The number of hydrogen-bond donors (Lipinski definition) is 0. The zero-order valence-corrected chi connectivity index (χ0v) is 13.9. The van der Waals surface area contributed by atoms with Crippen LogP contribution < -0.4 is 4.90 Å². The second-order valence-electron chi connectivity index (χ2n) is 5.50. The Hall–Kier alpha value is -1.69. The van der Waals surface area contributed by atoms with Gasteiger partial charge < -0.3 is 14.4 Å². The summed E-state index contributed by atoms with van der Waals surface area (Å²) in [7, 11) is 1.97. The number of esters is 1. The summed E-state index contributed by atoms with van der Waals surface area (Å²) >= 11 is 0. The number of anilines is 1. The van der Waals surface area contributed by atoms with Gasteiger partial charge in [0.2, 0.25) is 0 Å². The molecule has 122 valence electrons. The lowest BCUT2D eigenvalue weighted by Crippen LogP contribution is -2.24. The van der Waals surface area contributed by atoms with Crippen LogP contribution in [0, 0.1) is 6.92 Å². The van der Waals surface area contributed by atoms with E-state index in [1.165, 1.54) is 0 Å². The number of aromatic nitrogens is 2. The highest BCUT2D eigenvalue weighted by Gasteiger charge is 2.25. The summed E-state index contributed by atoms with van der Waals surface area (Å²) in [6.07, 6.45) is 1.78. The maximum atomic E-state index is 12.2. The predicted molar refractivity (Wildman–Crippen MR) is 84.5 cm³/mol. The van der Waals surface area contributed by atoms with Gasteiger partial charge in [-0.2, -0.15) is 0 Å². The quantitative estimate of drug-likeness (QED) is 0.778. The lowest BCUT2D eigenvalue weighted by atomic mass is 9.99. The smallest absolute Gasteiger partial charge is 0.357 e. The summed E-state index contributed by atoms with van der Waals surface area (Å²) in [5.41, 5.74) is 1.16. The van der Waals surface area contributed by atoms with Crippen LogP contribution in [0.4, 0.5) is 5.82 Å². The molecule has 2 rings (SSSR count). The first kappa shape index (κ1) is 16.7. The minimum absolute atomic E-state index is 0.242. The third-order valence-corrected chi connectivity index (χ3v) is 4.03. The minimum Gasteiger partial charge on any atom is -0.461 e. The van der Waals surface area contributed by atoms with Crippen LogP contribution in [0.5, 0.6) is 0 Å². The number of nitrogens with zero attached hydrogens (tertiary/aromatic N) is 3. The molecule has 1 aliphatic heterocycles. The summed E-state index contributed by atoms with van der Waals surface area (Å²) in [5.74, 6) is 1.40. The molecular weight excluding hydrogens is 282 g/mol. The Balaban J connectivity index is 2.44. The summed E-state index contributed by atoms with van der Waals surface area (Å²) in [6, 6.07) is 0. The molecule has 0 atom stereocenters. The fourth-order valence-electron chi connectivity index (χ4n) is 2.58. The van der Waals surface area contributed by atoms with Crippen LogP contribution in [0.2, 0.25) is 0 Å². The van der Waals surface area contributed by atoms with Crippen molar-refractivity contribution in [2.75, 3.05) is 38.3 Å². The molecule has 1 aromatic rings. The molecule has 0 bridgehead atoms. The van der Waals surface area contributed by atoms with Crippen molar-refractivity contribution in [3.63, 3.8) is 0 Å². The van der Waals surface area contributed by atoms with E-state index in [9.17, 15) is 4.79 Å². The molecule has 0 amide bonds. The molecule has 22 heavy (non-hydrogen) atoms. The minimum atomic E-state index is -0.374. The SMILES string of the molecule is CCOC(=O)c1nc(C2CCOCC2)nc(N(C)CC)c1C. The first-order chi connectivity index (χ1) is 10.6.